The summed E-state index contributed by atoms with van der Waals surface area (Å²) in [5.41, 5.74) is 2.24. The van der Waals surface area contributed by atoms with E-state index in [1.54, 1.807) is 18.2 Å². The molecule has 23 heavy (non-hydrogen) atoms. The van der Waals surface area contributed by atoms with Crippen molar-refractivity contribution in [1.29, 1.82) is 0 Å². The summed E-state index contributed by atoms with van der Waals surface area (Å²) in [4.78, 5) is 8.35. The van der Waals surface area contributed by atoms with Crippen LogP contribution in [0.3, 0.4) is 0 Å². The Kier molecular flexibility index (Phi) is 4.59. The standard InChI is InChI=1S/C17H15ClN2O2S/c18-14-8-9-15-16(11-14)19-12-17(20-15)23(21,22)10-4-7-13-5-2-1-3-6-13/h1-3,5-6,8-9,11-12H,4,7,10H2. The number of aryl methyl sites for hydroxylation is 1. The molecule has 118 valence electrons. The van der Waals surface area contributed by atoms with Gasteiger partial charge in [-0.1, -0.05) is 41.9 Å². The Morgan fingerprint density at radius 1 is 1.00 bits per heavy atom. The molecule has 0 fully saturated rings. The van der Waals surface area contributed by atoms with Crippen molar-refractivity contribution in [3.63, 3.8) is 0 Å². The maximum atomic E-state index is 12.4. The summed E-state index contributed by atoms with van der Waals surface area (Å²) in [5, 5.41) is 0.561. The van der Waals surface area contributed by atoms with Gasteiger partial charge in [0.1, 0.15) is 0 Å². The first-order chi connectivity index (χ1) is 11.0. The number of halogens is 1. The van der Waals surface area contributed by atoms with Gasteiger partial charge in [0.15, 0.2) is 14.9 Å². The fourth-order valence-electron chi connectivity index (χ4n) is 2.33. The SMILES string of the molecule is O=S(=O)(CCCc1ccccc1)c1cnc2cc(Cl)ccc2n1. The van der Waals surface area contributed by atoms with Crippen LogP contribution in [0.4, 0.5) is 0 Å². The van der Waals surface area contributed by atoms with Gasteiger partial charge in [-0.25, -0.2) is 13.4 Å². The molecule has 0 aliphatic carbocycles. The zero-order valence-electron chi connectivity index (χ0n) is 12.3. The zero-order chi connectivity index (χ0) is 16.3. The van der Waals surface area contributed by atoms with E-state index in [1.165, 1.54) is 6.20 Å². The lowest BCUT2D eigenvalue weighted by molar-refractivity contribution is 0.589. The van der Waals surface area contributed by atoms with E-state index in [4.69, 9.17) is 11.6 Å². The van der Waals surface area contributed by atoms with Crippen LogP contribution in [0.1, 0.15) is 12.0 Å². The van der Waals surface area contributed by atoms with Gasteiger partial charge < -0.3 is 0 Å². The van der Waals surface area contributed by atoms with Crippen molar-refractivity contribution in [1.82, 2.24) is 9.97 Å². The van der Waals surface area contributed by atoms with Gasteiger partial charge in [0.2, 0.25) is 0 Å². The van der Waals surface area contributed by atoms with Crippen LogP contribution in [0.25, 0.3) is 11.0 Å². The monoisotopic (exact) mass is 346 g/mol. The van der Waals surface area contributed by atoms with Gasteiger partial charge in [-0.05, 0) is 36.6 Å². The lowest BCUT2D eigenvalue weighted by Gasteiger charge is -2.05. The maximum absolute atomic E-state index is 12.4. The Morgan fingerprint density at radius 3 is 2.57 bits per heavy atom. The summed E-state index contributed by atoms with van der Waals surface area (Å²) in [5.74, 6) is 0.0513. The summed E-state index contributed by atoms with van der Waals surface area (Å²) >= 11 is 5.89. The van der Waals surface area contributed by atoms with Crippen molar-refractivity contribution in [2.24, 2.45) is 0 Å². The molecule has 3 aromatic rings. The van der Waals surface area contributed by atoms with Gasteiger partial charge in [-0.15, -0.1) is 0 Å². The minimum absolute atomic E-state index is 0.0142. The van der Waals surface area contributed by atoms with Crippen LogP contribution in [0.5, 0.6) is 0 Å². The molecule has 3 rings (SSSR count). The van der Waals surface area contributed by atoms with Gasteiger partial charge in [-0.2, -0.15) is 0 Å². The molecule has 6 heteroatoms. The summed E-state index contributed by atoms with van der Waals surface area (Å²) < 4.78 is 24.8. The highest BCUT2D eigenvalue weighted by molar-refractivity contribution is 7.91. The van der Waals surface area contributed by atoms with Crippen molar-refractivity contribution in [2.45, 2.75) is 17.9 Å². The summed E-state index contributed by atoms with van der Waals surface area (Å²) in [6.07, 6.45) is 2.57. The van der Waals surface area contributed by atoms with Crippen molar-refractivity contribution >= 4 is 32.5 Å². The molecule has 0 aliphatic rings. The molecule has 1 heterocycles. The number of aromatic nitrogens is 2. The molecule has 2 aromatic carbocycles. The van der Waals surface area contributed by atoms with Crippen LogP contribution in [0, 0.1) is 0 Å². The quantitative estimate of drug-likeness (QED) is 0.707. The number of rotatable bonds is 5. The fraction of sp³-hybridized carbons (Fsp3) is 0.176. The first kappa shape index (κ1) is 15.9. The van der Waals surface area contributed by atoms with Crippen LogP contribution >= 0.6 is 11.6 Å². The van der Waals surface area contributed by atoms with E-state index in [2.05, 4.69) is 9.97 Å². The van der Waals surface area contributed by atoms with Crippen LogP contribution < -0.4 is 0 Å². The Balaban J connectivity index is 1.75. The van der Waals surface area contributed by atoms with E-state index in [1.807, 2.05) is 30.3 Å². The van der Waals surface area contributed by atoms with E-state index in [9.17, 15) is 8.42 Å². The largest absolute Gasteiger partial charge is 0.252 e. The van der Waals surface area contributed by atoms with Crippen molar-refractivity contribution in [3.8, 4) is 0 Å². The minimum Gasteiger partial charge on any atom is -0.252 e. The van der Waals surface area contributed by atoms with Gasteiger partial charge in [0, 0.05) is 5.02 Å². The highest BCUT2D eigenvalue weighted by Crippen LogP contribution is 2.18. The highest BCUT2D eigenvalue weighted by atomic mass is 35.5. The Bertz CT molecular complexity index is 928. The molecule has 1 aromatic heterocycles. The van der Waals surface area contributed by atoms with Crippen LogP contribution in [-0.4, -0.2) is 24.1 Å². The molecular weight excluding hydrogens is 332 g/mol. The molecule has 0 amide bonds. The molecule has 0 unspecified atom stereocenters. The van der Waals surface area contributed by atoms with E-state index in [0.717, 1.165) is 12.0 Å². The third-order valence-corrected chi connectivity index (χ3v) is 5.42. The molecule has 0 N–H and O–H groups in total. The maximum Gasteiger partial charge on any atom is 0.197 e. The highest BCUT2D eigenvalue weighted by Gasteiger charge is 2.17. The topological polar surface area (TPSA) is 59.9 Å². The predicted molar refractivity (Wildman–Crippen MR) is 91.4 cm³/mol. The lowest BCUT2D eigenvalue weighted by Crippen LogP contribution is -2.10. The summed E-state index contributed by atoms with van der Waals surface area (Å²) in [6.45, 7) is 0. The molecule has 0 atom stereocenters. The average molecular weight is 347 g/mol. The molecule has 0 bridgehead atoms. The minimum atomic E-state index is -3.44. The first-order valence-corrected chi connectivity index (χ1v) is 9.27. The predicted octanol–water partition coefficient (Wildman–Crippen LogP) is 3.69. The van der Waals surface area contributed by atoms with Crippen LogP contribution in [0.2, 0.25) is 5.02 Å². The number of fused-ring (bicyclic) bond motifs is 1. The molecule has 0 saturated heterocycles. The van der Waals surface area contributed by atoms with E-state index >= 15 is 0 Å². The Hall–Kier alpha value is -1.98. The normalized spacial score (nSPS) is 11.7. The zero-order valence-corrected chi connectivity index (χ0v) is 13.9. The fourth-order valence-corrected chi connectivity index (χ4v) is 3.68. The Labute approximate surface area is 140 Å². The average Bonchev–Trinajstić information content (AvgIpc) is 2.55. The number of benzene rings is 2. The molecule has 4 nitrogen and oxygen atoms in total. The van der Waals surface area contributed by atoms with E-state index < -0.39 is 9.84 Å². The van der Waals surface area contributed by atoms with E-state index in [-0.39, 0.29) is 10.8 Å². The van der Waals surface area contributed by atoms with Gasteiger partial charge in [0.25, 0.3) is 0 Å². The molecule has 0 spiro atoms. The molecule has 0 radical (unpaired) electrons. The van der Waals surface area contributed by atoms with Gasteiger partial charge >= 0.3 is 0 Å². The molecule has 0 saturated carbocycles. The molecule has 0 aliphatic heterocycles. The second-order valence-electron chi connectivity index (χ2n) is 5.25. The number of sulfone groups is 1. The van der Waals surface area contributed by atoms with E-state index in [0.29, 0.717) is 22.5 Å². The summed E-state index contributed by atoms with van der Waals surface area (Å²) in [6, 6.07) is 14.8. The van der Waals surface area contributed by atoms with Crippen molar-refractivity contribution in [2.75, 3.05) is 5.75 Å². The summed E-state index contributed by atoms with van der Waals surface area (Å²) in [7, 11) is -3.44. The number of nitrogens with zero attached hydrogens (tertiary/aromatic N) is 2. The van der Waals surface area contributed by atoms with Crippen LogP contribution in [0.15, 0.2) is 59.8 Å². The first-order valence-electron chi connectivity index (χ1n) is 7.24. The second kappa shape index (κ2) is 6.64. The third-order valence-electron chi connectivity index (χ3n) is 3.52. The third kappa shape index (κ3) is 3.86. The molecular formula is C17H15ClN2O2S. The number of hydrogen-bond donors (Lipinski definition) is 0. The lowest BCUT2D eigenvalue weighted by atomic mass is 10.1. The Morgan fingerprint density at radius 2 is 1.78 bits per heavy atom. The van der Waals surface area contributed by atoms with Crippen molar-refractivity contribution in [3.05, 3.63) is 65.3 Å². The van der Waals surface area contributed by atoms with Gasteiger partial charge in [0.05, 0.1) is 23.0 Å². The van der Waals surface area contributed by atoms with Crippen LogP contribution in [-0.2, 0) is 16.3 Å². The second-order valence-corrected chi connectivity index (χ2v) is 7.74. The number of hydrogen-bond acceptors (Lipinski definition) is 4. The van der Waals surface area contributed by atoms with Gasteiger partial charge in [-0.3, -0.25) is 4.98 Å². The smallest absolute Gasteiger partial charge is 0.197 e. The van der Waals surface area contributed by atoms with Crippen molar-refractivity contribution < 1.29 is 8.42 Å².